The van der Waals surface area contributed by atoms with Crippen LogP contribution in [0.2, 0.25) is 0 Å². The number of ether oxygens (including phenoxy) is 1. The van der Waals surface area contributed by atoms with E-state index in [1.807, 2.05) is 6.07 Å². The van der Waals surface area contributed by atoms with E-state index >= 15 is 0 Å². The Hall–Kier alpha value is -2.80. The monoisotopic (exact) mass is 340 g/mol. The summed E-state index contributed by atoms with van der Waals surface area (Å²) in [4.78, 5) is 18.8. The number of carbonyl (C=O) groups excluding carboxylic acids is 1. The molecule has 25 heavy (non-hydrogen) atoms. The normalized spacial score (nSPS) is 14.9. The molecule has 0 radical (unpaired) electrons. The average molecular weight is 340 g/mol. The Balaban J connectivity index is 1.89. The van der Waals surface area contributed by atoms with E-state index in [-0.39, 0.29) is 11.5 Å². The average Bonchev–Trinajstić information content (AvgIpc) is 3.01. The van der Waals surface area contributed by atoms with Gasteiger partial charge in [-0.2, -0.15) is 0 Å². The van der Waals surface area contributed by atoms with Crippen LogP contribution in [-0.4, -0.2) is 46.7 Å². The Morgan fingerprint density at radius 1 is 1.16 bits per heavy atom. The van der Waals surface area contributed by atoms with Crippen LogP contribution in [0.25, 0.3) is 16.9 Å². The Morgan fingerprint density at radius 2 is 1.92 bits per heavy atom. The summed E-state index contributed by atoms with van der Waals surface area (Å²) >= 11 is 0. The van der Waals surface area contributed by atoms with Gasteiger partial charge in [0.15, 0.2) is 11.4 Å². The van der Waals surface area contributed by atoms with Crippen molar-refractivity contribution in [1.82, 2.24) is 14.6 Å². The van der Waals surface area contributed by atoms with Crippen LogP contribution >= 0.6 is 0 Å². The van der Waals surface area contributed by atoms with Crippen molar-refractivity contribution in [1.29, 1.82) is 0 Å². The molecule has 0 N–H and O–H groups in total. The minimum absolute atomic E-state index is 0.211. The lowest BCUT2D eigenvalue weighted by Crippen LogP contribution is -2.37. The molecular formula is C18H17FN4O2. The minimum Gasteiger partial charge on any atom is -0.378 e. The van der Waals surface area contributed by atoms with E-state index in [1.165, 1.54) is 17.5 Å². The van der Waals surface area contributed by atoms with Crippen LogP contribution in [0.5, 0.6) is 0 Å². The molecule has 3 heterocycles. The van der Waals surface area contributed by atoms with Gasteiger partial charge in [-0.25, -0.2) is 13.9 Å². The molecule has 7 heteroatoms. The van der Waals surface area contributed by atoms with E-state index in [0.29, 0.717) is 30.1 Å². The van der Waals surface area contributed by atoms with E-state index in [9.17, 15) is 9.18 Å². The second-order valence-electron chi connectivity index (χ2n) is 5.91. The summed E-state index contributed by atoms with van der Waals surface area (Å²) in [6.45, 7) is 4.20. The van der Waals surface area contributed by atoms with Gasteiger partial charge in [-0.15, -0.1) is 5.10 Å². The van der Waals surface area contributed by atoms with Gasteiger partial charge in [0.1, 0.15) is 23.0 Å². The second kappa shape index (κ2) is 6.25. The lowest BCUT2D eigenvalue weighted by atomic mass is 10.1. The summed E-state index contributed by atoms with van der Waals surface area (Å²) < 4.78 is 21.1. The number of carbonyl (C=O) groups is 1. The fraction of sp³-hybridized carbons (Fsp3) is 0.278. The van der Waals surface area contributed by atoms with Crippen LogP contribution in [0.15, 0.2) is 36.4 Å². The van der Waals surface area contributed by atoms with E-state index in [1.54, 1.807) is 24.3 Å². The molecule has 1 saturated heterocycles. The highest BCUT2D eigenvalue weighted by atomic mass is 19.1. The molecule has 1 aliphatic heterocycles. The summed E-state index contributed by atoms with van der Waals surface area (Å²) in [5.41, 5.74) is 1.42. The zero-order valence-electron chi connectivity index (χ0n) is 13.8. The largest absolute Gasteiger partial charge is 0.378 e. The maximum atomic E-state index is 14.2. The summed E-state index contributed by atoms with van der Waals surface area (Å²) in [7, 11) is 0. The third-order valence-electron chi connectivity index (χ3n) is 4.26. The van der Waals surface area contributed by atoms with Crippen molar-refractivity contribution in [3.05, 3.63) is 47.9 Å². The lowest BCUT2D eigenvalue weighted by molar-refractivity contribution is 0.101. The molecule has 0 saturated carbocycles. The number of rotatable bonds is 3. The number of benzene rings is 1. The zero-order chi connectivity index (χ0) is 17.4. The molecule has 3 aromatic rings. The van der Waals surface area contributed by atoms with Gasteiger partial charge < -0.3 is 9.64 Å². The van der Waals surface area contributed by atoms with E-state index in [2.05, 4.69) is 15.0 Å². The molecule has 1 fully saturated rings. The second-order valence-corrected chi connectivity index (χ2v) is 5.91. The van der Waals surface area contributed by atoms with Gasteiger partial charge in [0.05, 0.1) is 13.2 Å². The Bertz CT molecular complexity index is 947. The number of hydrogen-bond acceptors (Lipinski definition) is 5. The molecule has 128 valence electrons. The highest BCUT2D eigenvalue weighted by Gasteiger charge is 2.22. The number of halogens is 1. The first kappa shape index (κ1) is 15.7. The van der Waals surface area contributed by atoms with Crippen LogP contribution < -0.4 is 4.90 Å². The highest BCUT2D eigenvalue weighted by Crippen LogP contribution is 2.27. The quantitative estimate of drug-likeness (QED) is 0.686. The van der Waals surface area contributed by atoms with E-state index in [0.717, 1.165) is 18.9 Å². The first-order valence-corrected chi connectivity index (χ1v) is 8.13. The van der Waals surface area contributed by atoms with Crippen molar-refractivity contribution in [3.63, 3.8) is 0 Å². The third kappa shape index (κ3) is 2.76. The number of hydrogen-bond donors (Lipinski definition) is 0. The summed E-state index contributed by atoms with van der Waals surface area (Å²) in [5.74, 6) is 0.120. The summed E-state index contributed by atoms with van der Waals surface area (Å²) in [6, 6.07) is 9.97. The molecule has 0 aliphatic carbocycles. The van der Waals surface area contributed by atoms with Crippen LogP contribution in [0.4, 0.5) is 10.2 Å². The number of aromatic nitrogens is 3. The first-order chi connectivity index (χ1) is 12.1. The van der Waals surface area contributed by atoms with Crippen molar-refractivity contribution in [2.75, 3.05) is 31.2 Å². The van der Waals surface area contributed by atoms with Crippen LogP contribution in [0, 0.1) is 5.82 Å². The maximum absolute atomic E-state index is 14.2. The minimum atomic E-state index is -0.415. The van der Waals surface area contributed by atoms with Crippen molar-refractivity contribution >= 4 is 17.2 Å². The number of fused-ring (bicyclic) bond motifs is 1. The van der Waals surface area contributed by atoms with Crippen molar-refractivity contribution < 1.29 is 13.9 Å². The summed E-state index contributed by atoms with van der Waals surface area (Å²) in [5, 5.41) is 4.58. The van der Waals surface area contributed by atoms with Gasteiger partial charge >= 0.3 is 0 Å². The van der Waals surface area contributed by atoms with E-state index < -0.39 is 5.82 Å². The number of Topliss-reactive ketones (excluding diaryl/α,β-unsaturated/α-hetero) is 1. The Labute approximate surface area is 143 Å². The predicted molar refractivity (Wildman–Crippen MR) is 91.4 cm³/mol. The van der Waals surface area contributed by atoms with Crippen LogP contribution in [0.3, 0.4) is 0 Å². The standard InChI is InChI=1S/C18H17FN4O2/c1-12(24)18-17(13-4-2-3-5-14(13)19)20-15-6-7-16(21-23(15)18)22-8-10-25-11-9-22/h2-7H,8-11H2,1H3. The molecule has 4 rings (SSSR count). The third-order valence-corrected chi connectivity index (χ3v) is 4.26. The Morgan fingerprint density at radius 3 is 2.64 bits per heavy atom. The molecule has 2 aromatic heterocycles. The van der Waals surface area contributed by atoms with Gasteiger partial charge in [-0.05, 0) is 24.3 Å². The summed E-state index contributed by atoms with van der Waals surface area (Å²) in [6.07, 6.45) is 0. The van der Waals surface area contributed by atoms with Crippen LogP contribution in [-0.2, 0) is 4.74 Å². The molecule has 0 spiro atoms. The smallest absolute Gasteiger partial charge is 0.180 e. The lowest BCUT2D eigenvalue weighted by Gasteiger charge is -2.27. The molecule has 0 atom stereocenters. The van der Waals surface area contributed by atoms with Gasteiger partial charge in [-0.3, -0.25) is 4.79 Å². The number of anilines is 1. The Kier molecular flexibility index (Phi) is 3.93. The molecule has 0 bridgehead atoms. The number of imidazole rings is 1. The molecular weight excluding hydrogens is 323 g/mol. The molecule has 1 aliphatic rings. The highest BCUT2D eigenvalue weighted by molar-refractivity contribution is 5.99. The number of nitrogens with zero attached hydrogens (tertiary/aromatic N) is 4. The molecule has 6 nitrogen and oxygen atoms in total. The molecule has 0 amide bonds. The zero-order valence-corrected chi connectivity index (χ0v) is 13.8. The fourth-order valence-corrected chi connectivity index (χ4v) is 3.04. The SMILES string of the molecule is CC(=O)c1c(-c2ccccc2F)nc2ccc(N3CCOCC3)nn12. The number of morpholine rings is 1. The fourth-order valence-electron chi connectivity index (χ4n) is 3.04. The van der Waals surface area contributed by atoms with Crippen LogP contribution in [0.1, 0.15) is 17.4 Å². The first-order valence-electron chi connectivity index (χ1n) is 8.13. The van der Waals surface area contributed by atoms with Crippen molar-refractivity contribution in [2.24, 2.45) is 0 Å². The number of ketones is 1. The van der Waals surface area contributed by atoms with Gasteiger partial charge in [0.25, 0.3) is 0 Å². The topological polar surface area (TPSA) is 59.7 Å². The maximum Gasteiger partial charge on any atom is 0.180 e. The predicted octanol–water partition coefficient (Wildman–Crippen LogP) is 2.57. The van der Waals surface area contributed by atoms with Gasteiger partial charge in [0.2, 0.25) is 0 Å². The van der Waals surface area contributed by atoms with E-state index in [4.69, 9.17) is 4.74 Å². The van der Waals surface area contributed by atoms with Gasteiger partial charge in [-0.1, -0.05) is 12.1 Å². The van der Waals surface area contributed by atoms with Gasteiger partial charge in [0, 0.05) is 25.6 Å². The molecule has 0 unspecified atom stereocenters. The van der Waals surface area contributed by atoms with Crippen molar-refractivity contribution in [2.45, 2.75) is 6.92 Å². The molecule has 1 aromatic carbocycles. The van der Waals surface area contributed by atoms with Crippen molar-refractivity contribution in [3.8, 4) is 11.3 Å².